The number of carbonyl (C=O) groups is 1. The van der Waals surface area contributed by atoms with Crippen LogP contribution in [-0.4, -0.2) is 41.7 Å². The Kier molecular flexibility index (Phi) is 4.70. The van der Waals surface area contributed by atoms with Crippen LogP contribution in [0.5, 0.6) is 0 Å². The molecule has 0 radical (unpaired) electrons. The van der Waals surface area contributed by atoms with Crippen LogP contribution in [0.15, 0.2) is 18.2 Å². The summed E-state index contributed by atoms with van der Waals surface area (Å²) in [5.74, 6) is 0.606. The van der Waals surface area contributed by atoms with Crippen LogP contribution in [0.2, 0.25) is 0 Å². The van der Waals surface area contributed by atoms with E-state index in [1.807, 2.05) is 25.1 Å². The molecule has 2 aromatic rings. The number of aromatic amines is 1. The van der Waals surface area contributed by atoms with Gasteiger partial charge in [-0.1, -0.05) is 6.07 Å². The second-order valence-corrected chi connectivity index (χ2v) is 5.64. The normalized spacial score (nSPS) is 18.0. The summed E-state index contributed by atoms with van der Waals surface area (Å²) in [6.45, 7) is 3.72. The zero-order chi connectivity index (χ0) is 15.4. The lowest BCUT2D eigenvalue weighted by Crippen LogP contribution is -2.34. The number of imidazole rings is 1. The van der Waals surface area contributed by atoms with Crippen LogP contribution in [0.3, 0.4) is 0 Å². The minimum atomic E-state index is -0.123. The summed E-state index contributed by atoms with van der Waals surface area (Å²) >= 11 is 0. The van der Waals surface area contributed by atoms with Crippen LogP contribution in [0.4, 0.5) is 0 Å². The van der Waals surface area contributed by atoms with Crippen molar-refractivity contribution in [1.29, 1.82) is 0 Å². The van der Waals surface area contributed by atoms with Gasteiger partial charge in [0.05, 0.1) is 17.1 Å². The van der Waals surface area contributed by atoms with E-state index < -0.39 is 0 Å². The van der Waals surface area contributed by atoms with Crippen molar-refractivity contribution in [3.8, 4) is 0 Å². The maximum absolute atomic E-state index is 11.7. The third-order valence-electron chi connectivity index (χ3n) is 3.71. The lowest BCUT2D eigenvalue weighted by Gasteiger charge is -2.10. The molecule has 0 saturated carbocycles. The van der Waals surface area contributed by atoms with Gasteiger partial charge in [-0.2, -0.15) is 0 Å². The molecule has 6 nitrogen and oxygen atoms in total. The molecular weight excluding hydrogens is 282 g/mol. The molecule has 0 bridgehead atoms. The smallest absolute Gasteiger partial charge is 0.246 e. The zero-order valence-electron chi connectivity index (χ0n) is 12.7. The summed E-state index contributed by atoms with van der Waals surface area (Å²) < 4.78 is 10.9. The lowest BCUT2D eigenvalue weighted by atomic mass is 10.2. The van der Waals surface area contributed by atoms with Gasteiger partial charge in [0.15, 0.2) is 0 Å². The van der Waals surface area contributed by atoms with E-state index in [0.29, 0.717) is 13.2 Å². The number of hydrogen-bond acceptors (Lipinski definition) is 4. The van der Waals surface area contributed by atoms with E-state index in [1.54, 1.807) is 0 Å². The van der Waals surface area contributed by atoms with Crippen molar-refractivity contribution in [2.45, 2.75) is 32.5 Å². The number of aryl methyl sites for hydroxylation is 1. The Balaban J connectivity index is 1.42. The molecule has 2 heterocycles. The van der Waals surface area contributed by atoms with Gasteiger partial charge in [0, 0.05) is 13.2 Å². The Morgan fingerprint density at radius 1 is 1.55 bits per heavy atom. The third kappa shape index (κ3) is 3.84. The van der Waals surface area contributed by atoms with Gasteiger partial charge in [-0.3, -0.25) is 4.79 Å². The van der Waals surface area contributed by atoms with Gasteiger partial charge in [0.1, 0.15) is 19.0 Å². The molecule has 1 aliphatic heterocycles. The molecular formula is C16H21N3O3. The van der Waals surface area contributed by atoms with E-state index in [9.17, 15) is 4.79 Å². The highest BCUT2D eigenvalue weighted by atomic mass is 16.5. The van der Waals surface area contributed by atoms with Crippen molar-refractivity contribution >= 4 is 16.9 Å². The number of nitrogens with zero attached hydrogens (tertiary/aromatic N) is 1. The fourth-order valence-corrected chi connectivity index (χ4v) is 2.57. The Hall–Kier alpha value is -1.92. The second kappa shape index (κ2) is 6.89. The Labute approximate surface area is 129 Å². The van der Waals surface area contributed by atoms with Crippen molar-refractivity contribution in [2.24, 2.45) is 0 Å². The topological polar surface area (TPSA) is 76.2 Å². The van der Waals surface area contributed by atoms with Crippen LogP contribution < -0.4 is 5.32 Å². The maximum atomic E-state index is 11.7. The lowest BCUT2D eigenvalue weighted by molar-refractivity contribution is -0.126. The molecule has 0 aliphatic carbocycles. The molecule has 1 saturated heterocycles. The molecule has 3 rings (SSSR count). The molecule has 1 aromatic heterocycles. The van der Waals surface area contributed by atoms with E-state index in [-0.39, 0.29) is 18.6 Å². The number of carbonyl (C=O) groups excluding carboxylic acids is 1. The molecule has 1 amide bonds. The monoisotopic (exact) mass is 303 g/mol. The number of benzene rings is 1. The number of rotatable bonds is 6. The van der Waals surface area contributed by atoms with Crippen LogP contribution in [0, 0.1) is 6.92 Å². The average molecular weight is 303 g/mol. The minimum absolute atomic E-state index is 0.0305. The molecule has 1 unspecified atom stereocenters. The Morgan fingerprint density at radius 3 is 3.27 bits per heavy atom. The number of fused-ring (bicyclic) bond motifs is 1. The molecule has 2 N–H and O–H groups in total. The van der Waals surface area contributed by atoms with Crippen molar-refractivity contribution in [3.63, 3.8) is 0 Å². The maximum Gasteiger partial charge on any atom is 0.246 e. The molecule has 1 aromatic carbocycles. The van der Waals surface area contributed by atoms with Crippen molar-refractivity contribution in [2.75, 3.05) is 19.8 Å². The van der Waals surface area contributed by atoms with Gasteiger partial charge in [0.2, 0.25) is 5.91 Å². The number of ether oxygens (including phenoxy) is 2. The van der Waals surface area contributed by atoms with Gasteiger partial charge in [-0.25, -0.2) is 4.98 Å². The highest BCUT2D eigenvalue weighted by Crippen LogP contribution is 2.13. The van der Waals surface area contributed by atoms with Crippen LogP contribution in [-0.2, 0) is 20.9 Å². The first-order valence-electron chi connectivity index (χ1n) is 7.62. The van der Waals surface area contributed by atoms with E-state index >= 15 is 0 Å². The highest BCUT2D eigenvalue weighted by Gasteiger charge is 2.16. The summed E-state index contributed by atoms with van der Waals surface area (Å²) in [5.41, 5.74) is 3.07. The number of hydrogen-bond donors (Lipinski definition) is 2. The summed E-state index contributed by atoms with van der Waals surface area (Å²) in [5, 5.41) is 2.83. The summed E-state index contributed by atoms with van der Waals surface area (Å²) in [7, 11) is 0. The molecule has 1 atom stereocenters. The molecule has 0 spiro atoms. The quantitative estimate of drug-likeness (QED) is 0.851. The van der Waals surface area contributed by atoms with E-state index in [1.165, 1.54) is 5.56 Å². The summed E-state index contributed by atoms with van der Waals surface area (Å²) in [6.07, 6.45) is 2.24. The van der Waals surface area contributed by atoms with Gasteiger partial charge in [-0.15, -0.1) is 0 Å². The summed E-state index contributed by atoms with van der Waals surface area (Å²) in [6, 6.07) is 6.03. The minimum Gasteiger partial charge on any atom is -0.376 e. The standard InChI is InChI=1S/C16H21N3O3/c1-11-4-5-13-14(7-11)19-15(18-13)9-21-10-16(20)17-8-12-3-2-6-22-12/h4-5,7,12H,2-3,6,8-10H2,1H3,(H,17,20)(H,18,19). The first kappa shape index (κ1) is 15.0. The van der Waals surface area contributed by atoms with Crippen molar-refractivity contribution < 1.29 is 14.3 Å². The average Bonchev–Trinajstić information content (AvgIpc) is 3.13. The number of nitrogens with one attached hydrogen (secondary N) is 2. The SMILES string of the molecule is Cc1ccc2nc(COCC(=O)NCC3CCCO3)[nH]c2c1. The van der Waals surface area contributed by atoms with Gasteiger partial charge < -0.3 is 19.8 Å². The fraction of sp³-hybridized carbons (Fsp3) is 0.500. The second-order valence-electron chi connectivity index (χ2n) is 5.64. The first-order chi connectivity index (χ1) is 10.7. The van der Waals surface area contributed by atoms with E-state index in [2.05, 4.69) is 15.3 Å². The Bertz CT molecular complexity index is 647. The largest absolute Gasteiger partial charge is 0.376 e. The molecule has 118 valence electrons. The fourth-order valence-electron chi connectivity index (χ4n) is 2.57. The zero-order valence-corrected chi connectivity index (χ0v) is 12.7. The van der Waals surface area contributed by atoms with Crippen LogP contribution in [0.1, 0.15) is 24.2 Å². The van der Waals surface area contributed by atoms with Gasteiger partial charge >= 0.3 is 0 Å². The van der Waals surface area contributed by atoms with E-state index in [0.717, 1.165) is 36.3 Å². The van der Waals surface area contributed by atoms with Crippen LogP contribution >= 0.6 is 0 Å². The van der Waals surface area contributed by atoms with Crippen molar-refractivity contribution in [3.05, 3.63) is 29.6 Å². The summed E-state index contributed by atoms with van der Waals surface area (Å²) in [4.78, 5) is 19.3. The van der Waals surface area contributed by atoms with Crippen LogP contribution in [0.25, 0.3) is 11.0 Å². The number of amides is 1. The predicted octanol–water partition coefficient (Wildman–Crippen LogP) is 1.68. The van der Waals surface area contributed by atoms with E-state index in [4.69, 9.17) is 9.47 Å². The molecule has 1 fully saturated rings. The number of aromatic nitrogens is 2. The molecule has 22 heavy (non-hydrogen) atoms. The van der Waals surface area contributed by atoms with Crippen molar-refractivity contribution in [1.82, 2.24) is 15.3 Å². The Morgan fingerprint density at radius 2 is 2.45 bits per heavy atom. The number of H-pyrrole nitrogens is 1. The highest BCUT2D eigenvalue weighted by molar-refractivity contribution is 5.77. The van der Waals surface area contributed by atoms with Gasteiger partial charge in [-0.05, 0) is 37.5 Å². The van der Waals surface area contributed by atoms with Gasteiger partial charge in [0.25, 0.3) is 0 Å². The third-order valence-corrected chi connectivity index (χ3v) is 3.71. The molecule has 1 aliphatic rings. The molecule has 6 heteroatoms. The first-order valence-corrected chi connectivity index (χ1v) is 7.62. The predicted molar refractivity (Wildman–Crippen MR) is 82.5 cm³/mol.